The third-order valence-corrected chi connectivity index (χ3v) is 5.94. The molecular weight excluding hydrogens is 358 g/mol. The van der Waals surface area contributed by atoms with Gasteiger partial charge in [0, 0.05) is 10.9 Å². The minimum atomic E-state index is -0.0674. The highest BCUT2D eigenvalue weighted by Gasteiger charge is 2.30. The Morgan fingerprint density at radius 2 is 2.00 bits per heavy atom. The fraction of sp³-hybridized carbons (Fsp3) is 0.238. The average molecular weight is 377 g/mol. The van der Waals surface area contributed by atoms with Gasteiger partial charge in [0.2, 0.25) is 0 Å². The molecule has 27 heavy (non-hydrogen) atoms. The number of nitrogens with zero attached hydrogens (tertiary/aromatic N) is 2. The van der Waals surface area contributed by atoms with Crippen LogP contribution in [0.25, 0.3) is 20.7 Å². The highest BCUT2D eigenvalue weighted by molar-refractivity contribution is 7.21. The normalized spacial score (nSPS) is 14.3. The summed E-state index contributed by atoms with van der Waals surface area (Å²) in [7, 11) is 0. The molecule has 136 valence electrons. The molecule has 3 heterocycles. The van der Waals surface area contributed by atoms with Crippen LogP contribution in [0.4, 0.5) is 0 Å². The van der Waals surface area contributed by atoms with E-state index in [0.717, 1.165) is 27.6 Å². The highest BCUT2D eigenvalue weighted by atomic mass is 32.1. The molecule has 5 rings (SSSR count). The number of thiophene rings is 1. The van der Waals surface area contributed by atoms with Crippen molar-refractivity contribution >= 4 is 21.6 Å². The number of hydrogen-bond acceptors (Lipinski definition) is 5. The predicted molar refractivity (Wildman–Crippen MR) is 107 cm³/mol. The van der Waals surface area contributed by atoms with Gasteiger partial charge in [0.15, 0.2) is 0 Å². The molecule has 0 spiro atoms. The molecule has 1 saturated carbocycles. The predicted octanol–water partition coefficient (Wildman–Crippen LogP) is 4.41. The molecule has 5 nitrogen and oxygen atoms in total. The van der Waals surface area contributed by atoms with Crippen LogP contribution in [-0.2, 0) is 13.1 Å². The van der Waals surface area contributed by atoms with Crippen molar-refractivity contribution in [1.82, 2.24) is 14.9 Å². The largest absolute Gasteiger partial charge is 0.468 e. The zero-order valence-corrected chi connectivity index (χ0v) is 15.5. The van der Waals surface area contributed by atoms with Crippen LogP contribution in [0.15, 0.2) is 64.0 Å². The molecule has 4 aromatic rings. The summed E-state index contributed by atoms with van der Waals surface area (Å²) < 4.78 is 5.49. The van der Waals surface area contributed by atoms with Crippen LogP contribution < -0.4 is 5.56 Å². The monoisotopic (exact) mass is 377 g/mol. The molecule has 1 N–H and O–H groups in total. The standard InChI is InChI=1S/C21H19N3O2S/c25-20-17-11-18(14-5-2-1-3-6-14)27-21(17)23-19(22-20)13-24(15-8-9-15)12-16-7-4-10-26-16/h1-7,10-11,15H,8-9,12-13H2,(H,22,23,25). The molecule has 0 amide bonds. The summed E-state index contributed by atoms with van der Waals surface area (Å²) in [5.41, 5.74) is 1.04. The van der Waals surface area contributed by atoms with Crippen molar-refractivity contribution in [2.75, 3.05) is 0 Å². The Morgan fingerprint density at radius 1 is 1.15 bits per heavy atom. The van der Waals surface area contributed by atoms with Crippen molar-refractivity contribution in [3.8, 4) is 10.4 Å². The molecule has 1 fully saturated rings. The second-order valence-corrected chi connectivity index (χ2v) is 7.95. The molecule has 6 heteroatoms. The molecule has 0 bridgehead atoms. The number of fused-ring (bicyclic) bond motifs is 1. The minimum absolute atomic E-state index is 0.0674. The van der Waals surface area contributed by atoms with E-state index in [4.69, 9.17) is 9.40 Å². The second kappa shape index (κ2) is 6.79. The molecule has 0 atom stereocenters. The highest BCUT2D eigenvalue weighted by Crippen LogP contribution is 2.32. The first-order chi connectivity index (χ1) is 13.3. The van der Waals surface area contributed by atoms with Crippen LogP contribution in [0, 0.1) is 0 Å². The van der Waals surface area contributed by atoms with Gasteiger partial charge in [-0.25, -0.2) is 4.98 Å². The lowest BCUT2D eigenvalue weighted by molar-refractivity contribution is 0.220. The maximum atomic E-state index is 12.6. The third-order valence-electron chi connectivity index (χ3n) is 4.86. The van der Waals surface area contributed by atoms with Crippen LogP contribution in [0.3, 0.4) is 0 Å². The summed E-state index contributed by atoms with van der Waals surface area (Å²) in [6.07, 6.45) is 4.07. The zero-order chi connectivity index (χ0) is 18.2. The van der Waals surface area contributed by atoms with Gasteiger partial charge < -0.3 is 9.40 Å². The first-order valence-electron chi connectivity index (χ1n) is 9.11. The molecule has 0 radical (unpaired) electrons. The van der Waals surface area contributed by atoms with Gasteiger partial charge in [-0.3, -0.25) is 9.69 Å². The molecule has 1 aromatic carbocycles. The van der Waals surface area contributed by atoms with Crippen molar-refractivity contribution in [3.63, 3.8) is 0 Å². The summed E-state index contributed by atoms with van der Waals surface area (Å²) in [6, 6.07) is 16.5. The number of hydrogen-bond donors (Lipinski definition) is 1. The lowest BCUT2D eigenvalue weighted by atomic mass is 10.2. The topological polar surface area (TPSA) is 62.1 Å². The number of aromatic amines is 1. The van der Waals surface area contributed by atoms with E-state index in [1.165, 1.54) is 12.8 Å². The van der Waals surface area contributed by atoms with E-state index >= 15 is 0 Å². The number of aromatic nitrogens is 2. The van der Waals surface area contributed by atoms with E-state index in [2.05, 4.69) is 22.0 Å². The van der Waals surface area contributed by atoms with E-state index in [-0.39, 0.29) is 5.56 Å². The van der Waals surface area contributed by atoms with Gasteiger partial charge in [-0.1, -0.05) is 30.3 Å². The maximum absolute atomic E-state index is 12.6. The van der Waals surface area contributed by atoms with Crippen molar-refractivity contribution in [2.45, 2.75) is 32.0 Å². The summed E-state index contributed by atoms with van der Waals surface area (Å²) in [5, 5.41) is 0.659. The fourth-order valence-electron chi connectivity index (χ4n) is 3.34. The average Bonchev–Trinajstić information content (AvgIpc) is 3.22. The summed E-state index contributed by atoms with van der Waals surface area (Å²) in [4.78, 5) is 24.5. The summed E-state index contributed by atoms with van der Waals surface area (Å²) in [6.45, 7) is 1.36. The van der Waals surface area contributed by atoms with E-state index < -0.39 is 0 Å². The Labute approximate surface area is 160 Å². The zero-order valence-electron chi connectivity index (χ0n) is 14.7. The molecule has 0 aliphatic heterocycles. The van der Waals surface area contributed by atoms with E-state index in [0.29, 0.717) is 23.8 Å². The second-order valence-electron chi connectivity index (χ2n) is 6.92. The third kappa shape index (κ3) is 3.46. The van der Waals surface area contributed by atoms with Crippen molar-refractivity contribution in [3.05, 3.63) is 76.7 Å². The Kier molecular flexibility index (Phi) is 4.14. The van der Waals surface area contributed by atoms with Crippen molar-refractivity contribution in [2.24, 2.45) is 0 Å². The van der Waals surface area contributed by atoms with Crippen LogP contribution in [0.2, 0.25) is 0 Å². The van der Waals surface area contributed by atoms with E-state index in [1.807, 2.05) is 36.4 Å². The minimum Gasteiger partial charge on any atom is -0.468 e. The number of nitrogens with one attached hydrogen (secondary N) is 1. The number of H-pyrrole nitrogens is 1. The van der Waals surface area contributed by atoms with Gasteiger partial charge >= 0.3 is 0 Å². The fourth-order valence-corrected chi connectivity index (χ4v) is 4.40. The van der Waals surface area contributed by atoms with Gasteiger partial charge in [0.05, 0.1) is 24.7 Å². The Hall–Kier alpha value is -2.70. The molecule has 1 aliphatic carbocycles. The Bertz CT molecular complexity index is 1110. The van der Waals surface area contributed by atoms with Crippen molar-refractivity contribution in [1.29, 1.82) is 0 Å². The van der Waals surface area contributed by atoms with Crippen molar-refractivity contribution < 1.29 is 4.42 Å². The lowest BCUT2D eigenvalue weighted by Crippen LogP contribution is -2.27. The van der Waals surface area contributed by atoms with Gasteiger partial charge in [0.25, 0.3) is 5.56 Å². The Balaban J connectivity index is 1.45. The van der Waals surface area contributed by atoms with Gasteiger partial charge in [-0.05, 0) is 36.6 Å². The SMILES string of the molecule is O=c1[nH]c(CN(Cc2ccco2)C2CC2)nc2sc(-c3ccccc3)cc12. The molecule has 1 aliphatic rings. The molecule has 0 unspecified atom stereocenters. The first-order valence-corrected chi connectivity index (χ1v) is 9.92. The van der Waals surface area contributed by atoms with Crippen LogP contribution >= 0.6 is 11.3 Å². The van der Waals surface area contributed by atoms with Gasteiger partial charge in [-0.2, -0.15) is 0 Å². The number of benzene rings is 1. The van der Waals surface area contributed by atoms with Crippen LogP contribution in [-0.4, -0.2) is 20.9 Å². The van der Waals surface area contributed by atoms with Gasteiger partial charge in [0.1, 0.15) is 16.4 Å². The smallest absolute Gasteiger partial charge is 0.259 e. The number of rotatable bonds is 6. The van der Waals surface area contributed by atoms with Gasteiger partial charge in [-0.15, -0.1) is 11.3 Å². The maximum Gasteiger partial charge on any atom is 0.259 e. The van der Waals surface area contributed by atoms with Crippen LogP contribution in [0.1, 0.15) is 24.4 Å². The van der Waals surface area contributed by atoms with E-state index in [1.54, 1.807) is 17.6 Å². The summed E-state index contributed by atoms with van der Waals surface area (Å²) >= 11 is 1.57. The molecule has 3 aromatic heterocycles. The first kappa shape index (κ1) is 16.5. The lowest BCUT2D eigenvalue weighted by Gasteiger charge is -2.19. The molecule has 0 saturated heterocycles. The van der Waals surface area contributed by atoms with E-state index in [9.17, 15) is 4.79 Å². The van der Waals surface area contributed by atoms with Crippen LogP contribution in [0.5, 0.6) is 0 Å². The molecular formula is C21H19N3O2S. The Morgan fingerprint density at radius 3 is 2.74 bits per heavy atom. The quantitative estimate of drug-likeness (QED) is 0.541. The number of furan rings is 1. The summed E-state index contributed by atoms with van der Waals surface area (Å²) in [5.74, 6) is 1.65.